The summed E-state index contributed by atoms with van der Waals surface area (Å²) in [6.45, 7) is 3.51. The van der Waals surface area contributed by atoms with E-state index in [1.807, 2.05) is 6.07 Å². The minimum Gasteiger partial charge on any atom is -0.325 e. The number of rotatable bonds is 4. The van der Waals surface area contributed by atoms with E-state index in [1.165, 1.54) is 12.1 Å². The number of nitriles is 1. The zero-order chi connectivity index (χ0) is 12.8. The molecule has 0 saturated heterocycles. The first-order valence-corrected chi connectivity index (χ1v) is 5.33. The summed E-state index contributed by atoms with van der Waals surface area (Å²) in [6, 6.07) is 5.95. The Bertz CT molecular complexity index is 479. The predicted octanol–water partition coefficient (Wildman–Crippen LogP) is 2.05. The highest BCUT2D eigenvalue weighted by Gasteiger charge is 2.12. The topological polar surface area (TPSA) is 78.9 Å². The van der Waals surface area contributed by atoms with E-state index >= 15 is 0 Å². The molecule has 0 bridgehead atoms. The first-order chi connectivity index (χ1) is 8.08. The summed E-state index contributed by atoms with van der Waals surface area (Å²) >= 11 is 5.83. The summed E-state index contributed by atoms with van der Waals surface area (Å²) < 4.78 is 0. The molecule has 0 saturated carbocycles. The van der Waals surface area contributed by atoms with Crippen LogP contribution in [0.3, 0.4) is 0 Å². The van der Waals surface area contributed by atoms with Crippen molar-refractivity contribution in [2.75, 3.05) is 5.32 Å². The van der Waals surface area contributed by atoms with Crippen molar-refractivity contribution in [3.8, 4) is 6.07 Å². The Morgan fingerprint density at radius 3 is 2.94 bits per heavy atom. The number of hydrogen-bond acceptors (Lipinski definition) is 3. The van der Waals surface area contributed by atoms with E-state index in [4.69, 9.17) is 22.6 Å². The van der Waals surface area contributed by atoms with Gasteiger partial charge in [0.25, 0.3) is 0 Å². The summed E-state index contributed by atoms with van der Waals surface area (Å²) in [6.07, 6.45) is 1.98. The van der Waals surface area contributed by atoms with Crippen molar-refractivity contribution in [2.24, 2.45) is 5.73 Å². The van der Waals surface area contributed by atoms with Crippen LogP contribution in [0.25, 0.3) is 0 Å². The molecule has 0 fully saturated rings. The van der Waals surface area contributed by atoms with Crippen LogP contribution in [0.4, 0.5) is 5.69 Å². The molecule has 5 heteroatoms. The lowest BCUT2D eigenvalue weighted by Gasteiger charge is -2.10. The van der Waals surface area contributed by atoms with Gasteiger partial charge in [0.2, 0.25) is 5.91 Å². The molecule has 3 N–H and O–H groups in total. The predicted molar refractivity (Wildman–Crippen MR) is 67.6 cm³/mol. The number of hydrogen-bond donors (Lipinski definition) is 2. The van der Waals surface area contributed by atoms with E-state index in [9.17, 15) is 4.79 Å². The Morgan fingerprint density at radius 2 is 2.41 bits per heavy atom. The monoisotopic (exact) mass is 249 g/mol. The van der Waals surface area contributed by atoms with Gasteiger partial charge >= 0.3 is 0 Å². The summed E-state index contributed by atoms with van der Waals surface area (Å²) in [5.74, 6) is -0.314. The molecule has 0 aromatic heterocycles. The Hall–Kier alpha value is -1.83. The van der Waals surface area contributed by atoms with E-state index in [0.717, 1.165) is 0 Å². The summed E-state index contributed by atoms with van der Waals surface area (Å²) in [7, 11) is 0. The van der Waals surface area contributed by atoms with Crippen LogP contribution in [0.5, 0.6) is 0 Å². The van der Waals surface area contributed by atoms with Crippen molar-refractivity contribution in [1.82, 2.24) is 0 Å². The van der Waals surface area contributed by atoms with Crippen molar-refractivity contribution in [3.05, 3.63) is 41.4 Å². The molecule has 1 rings (SSSR count). The highest BCUT2D eigenvalue weighted by Crippen LogP contribution is 2.20. The van der Waals surface area contributed by atoms with Crippen LogP contribution in [-0.4, -0.2) is 11.9 Å². The van der Waals surface area contributed by atoms with Crippen molar-refractivity contribution in [1.29, 1.82) is 5.26 Å². The molecule has 17 heavy (non-hydrogen) atoms. The third kappa shape index (κ3) is 3.59. The van der Waals surface area contributed by atoms with E-state index in [-0.39, 0.29) is 5.91 Å². The van der Waals surface area contributed by atoms with Crippen LogP contribution in [0.15, 0.2) is 30.9 Å². The second-order valence-corrected chi connectivity index (χ2v) is 3.83. The van der Waals surface area contributed by atoms with Gasteiger partial charge in [0.15, 0.2) is 0 Å². The number of halogens is 1. The fourth-order valence-electron chi connectivity index (χ4n) is 1.21. The largest absolute Gasteiger partial charge is 0.325 e. The first-order valence-electron chi connectivity index (χ1n) is 4.95. The molecule has 0 spiro atoms. The molecule has 4 nitrogen and oxygen atoms in total. The van der Waals surface area contributed by atoms with Crippen LogP contribution >= 0.6 is 11.6 Å². The molecule has 1 unspecified atom stereocenters. The highest BCUT2D eigenvalue weighted by atomic mass is 35.5. The number of amides is 1. The normalized spacial score (nSPS) is 11.4. The molecule has 0 radical (unpaired) electrons. The summed E-state index contributed by atoms with van der Waals surface area (Å²) in [4.78, 5) is 11.6. The number of carbonyl (C=O) groups excluding carboxylic acids is 1. The number of carbonyl (C=O) groups is 1. The molecule has 0 aliphatic heterocycles. The fraction of sp³-hybridized carbons (Fsp3) is 0.167. The molecule has 1 amide bonds. The maximum Gasteiger partial charge on any atom is 0.241 e. The van der Waals surface area contributed by atoms with Crippen molar-refractivity contribution >= 4 is 23.2 Å². The third-order valence-corrected chi connectivity index (χ3v) is 2.43. The zero-order valence-electron chi connectivity index (χ0n) is 9.11. The average Bonchev–Trinajstić information content (AvgIpc) is 2.29. The second-order valence-electron chi connectivity index (χ2n) is 3.43. The third-order valence-electron chi connectivity index (χ3n) is 2.11. The maximum atomic E-state index is 11.6. The highest BCUT2D eigenvalue weighted by molar-refractivity contribution is 6.32. The standard InChI is InChI=1S/C12H12ClN3O/c1-2-3-11(15)12(17)16-9-5-4-8(7-14)10(13)6-9/h2,4-6,11H,1,3,15H2,(H,16,17). The summed E-state index contributed by atoms with van der Waals surface area (Å²) in [5.41, 5.74) is 6.47. The van der Waals surface area contributed by atoms with Gasteiger partial charge in [-0.2, -0.15) is 5.26 Å². The van der Waals surface area contributed by atoms with Gasteiger partial charge in [-0.3, -0.25) is 4.79 Å². The Labute approximate surface area is 105 Å². The molecular formula is C12H12ClN3O. The Balaban J connectivity index is 2.76. The van der Waals surface area contributed by atoms with Gasteiger partial charge < -0.3 is 11.1 Å². The van der Waals surface area contributed by atoms with Gasteiger partial charge in [-0.15, -0.1) is 6.58 Å². The van der Waals surface area contributed by atoms with Gasteiger partial charge in [-0.1, -0.05) is 17.7 Å². The zero-order valence-corrected chi connectivity index (χ0v) is 9.87. The van der Waals surface area contributed by atoms with Crippen LogP contribution in [0.1, 0.15) is 12.0 Å². The van der Waals surface area contributed by atoms with Crippen LogP contribution < -0.4 is 11.1 Å². The van der Waals surface area contributed by atoms with Gasteiger partial charge in [-0.05, 0) is 24.6 Å². The van der Waals surface area contributed by atoms with Crippen LogP contribution in [0.2, 0.25) is 5.02 Å². The second kappa shape index (κ2) is 6.04. The van der Waals surface area contributed by atoms with E-state index < -0.39 is 6.04 Å². The van der Waals surface area contributed by atoms with Crippen LogP contribution in [0, 0.1) is 11.3 Å². The minimum atomic E-state index is -0.637. The SMILES string of the molecule is C=CCC(N)C(=O)Nc1ccc(C#N)c(Cl)c1. The maximum absolute atomic E-state index is 11.6. The molecule has 1 aromatic rings. The number of anilines is 1. The minimum absolute atomic E-state index is 0.294. The molecular weight excluding hydrogens is 238 g/mol. The number of nitrogens with zero attached hydrogens (tertiary/aromatic N) is 1. The number of benzene rings is 1. The molecule has 88 valence electrons. The molecule has 0 heterocycles. The number of nitrogens with one attached hydrogen (secondary N) is 1. The number of nitrogens with two attached hydrogens (primary N) is 1. The quantitative estimate of drug-likeness (QED) is 0.802. The molecule has 0 aliphatic rings. The molecule has 1 aromatic carbocycles. The van der Waals surface area contributed by atoms with E-state index in [2.05, 4.69) is 11.9 Å². The van der Waals surface area contributed by atoms with Crippen molar-refractivity contribution in [2.45, 2.75) is 12.5 Å². The van der Waals surface area contributed by atoms with Gasteiger partial charge in [-0.25, -0.2) is 0 Å². The van der Waals surface area contributed by atoms with Crippen LogP contribution in [-0.2, 0) is 4.79 Å². The lowest BCUT2D eigenvalue weighted by molar-refractivity contribution is -0.117. The molecule has 0 aliphatic carbocycles. The Kier molecular flexibility index (Phi) is 4.70. The first kappa shape index (κ1) is 13.2. The van der Waals surface area contributed by atoms with E-state index in [0.29, 0.717) is 22.7 Å². The van der Waals surface area contributed by atoms with Gasteiger partial charge in [0.05, 0.1) is 16.6 Å². The summed E-state index contributed by atoms with van der Waals surface area (Å²) in [5, 5.41) is 11.6. The average molecular weight is 250 g/mol. The van der Waals surface area contributed by atoms with Crippen molar-refractivity contribution < 1.29 is 4.79 Å². The Morgan fingerprint density at radius 1 is 1.71 bits per heavy atom. The lowest BCUT2D eigenvalue weighted by atomic mass is 10.2. The van der Waals surface area contributed by atoms with Gasteiger partial charge in [0.1, 0.15) is 6.07 Å². The smallest absolute Gasteiger partial charge is 0.241 e. The lowest BCUT2D eigenvalue weighted by Crippen LogP contribution is -2.35. The van der Waals surface area contributed by atoms with Crippen molar-refractivity contribution in [3.63, 3.8) is 0 Å². The van der Waals surface area contributed by atoms with E-state index in [1.54, 1.807) is 12.1 Å². The van der Waals surface area contributed by atoms with Gasteiger partial charge in [0, 0.05) is 5.69 Å². The molecule has 1 atom stereocenters. The fourth-order valence-corrected chi connectivity index (χ4v) is 1.43.